The van der Waals surface area contributed by atoms with E-state index in [1.54, 1.807) is 19.2 Å². The molecule has 7 heteroatoms. The molecule has 17 heavy (non-hydrogen) atoms. The minimum absolute atomic E-state index is 0.109. The maximum Gasteiger partial charge on any atom is 0.315 e. The van der Waals surface area contributed by atoms with Crippen molar-refractivity contribution in [2.75, 3.05) is 30.9 Å². The lowest BCUT2D eigenvalue weighted by Crippen LogP contribution is -2.28. The number of rotatable bonds is 6. The van der Waals surface area contributed by atoms with Gasteiger partial charge < -0.3 is 20.8 Å². The fourth-order valence-corrected chi connectivity index (χ4v) is 1.43. The van der Waals surface area contributed by atoms with E-state index in [0.717, 1.165) is 0 Å². The van der Waals surface area contributed by atoms with Gasteiger partial charge in [0.1, 0.15) is 11.4 Å². The number of aliphatic hydroxyl groups excluding tert-OH is 2. The monoisotopic (exact) mass is 241 g/mol. The molecule has 4 N–H and O–H groups in total. The summed E-state index contributed by atoms with van der Waals surface area (Å²) in [5, 5.41) is 34.3. The van der Waals surface area contributed by atoms with Crippen molar-refractivity contribution in [1.82, 2.24) is 0 Å². The van der Waals surface area contributed by atoms with Gasteiger partial charge in [-0.2, -0.15) is 0 Å². The van der Waals surface area contributed by atoms with E-state index in [1.165, 1.54) is 6.07 Å². The summed E-state index contributed by atoms with van der Waals surface area (Å²) < 4.78 is 0. The van der Waals surface area contributed by atoms with Crippen LogP contribution in [0.15, 0.2) is 18.2 Å². The molecule has 1 rings (SSSR count). The quantitative estimate of drug-likeness (QED) is 0.424. The molecule has 94 valence electrons. The van der Waals surface area contributed by atoms with Crippen LogP contribution in [0.3, 0.4) is 0 Å². The summed E-state index contributed by atoms with van der Waals surface area (Å²) in [7, 11) is 1.59. The highest BCUT2D eigenvalue weighted by atomic mass is 16.6. The van der Waals surface area contributed by atoms with E-state index in [4.69, 9.17) is 10.2 Å². The number of anilines is 2. The maximum absolute atomic E-state index is 11.0. The number of nitro groups is 1. The first-order chi connectivity index (χ1) is 8.13. The Kier molecular flexibility index (Phi) is 4.68. The van der Waals surface area contributed by atoms with Crippen molar-refractivity contribution in [3.05, 3.63) is 28.3 Å². The molecule has 0 saturated carbocycles. The van der Waals surface area contributed by atoms with E-state index in [9.17, 15) is 10.1 Å². The van der Waals surface area contributed by atoms with Crippen LogP contribution in [0, 0.1) is 10.1 Å². The van der Waals surface area contributed by atoms with Crippen LogP contribution < -0.4 is 10.6 Å². The Balaban J connectivity index is 3.09. The van der Waals surface area contributed by atoms with Gasteiger partial charge in [0.25, 0.3) is 0 Å². The van der Waals surface area contributed by atoms with Gasteiger partial charge in [0.05, 0.1) is 24.2 Å². The van der Waals surface area contributed by atoms with Crippen LogP contribution in [0.2, 0.25) is 0 Å². The number of nitrogens with one attached hydrogen (secondary N) is 2. The Labute approximate surface area is 98.2 Å². The minimum Gasteiger partial charge on any atom is -0.394 e. The lowest BCUT2D eigenvalue weighted by molar-refractivity contribution is -0.383. The molecule has 0 heterocycles. The molecule has 0 aliphatic heterocycles. The Hall–Kier alpha value is -1.86. The number of aliphatic hydroxyl groups is 2. The number of hydrogen-bond acceptors (Lipinski definition) is 6. The van der Waals surface area contributed by atoms with Gasteiger partial charge >= 0.3 is 5.69 Å². The van der Waals surface area contributed by atoms with Gasteiger partial charge in [-0.3, -0.25) is 10.1 Å². The first kappa shape index (κ1) is 13.2. The van der Waals surface area contributed by atoms with Gasteiger partial charge in [-0.05, 0) is 12.1 Å². The third-order valence-corrected chi connectivity index (χ3v) is 2.29. The number of benzene rings is 1. The van der Waals surface area contributed by atoms with Crippen molar-refractivity contribution in [3.8, 4) is 0 Å². The van der Waals surface area contributed by atoms with Crippen molar-refractivity contribution in [3.63, 3.8) is 0 Å². The lowest BCUT2D eigenvalue weighted by atomic mass is 10.2. The minimum atomic E-state index is -0.624. The van der Waals surface area contributed by atoms with E-state index < -0.39 is 11.0 Å². The van der Waals surface area contributed by atoms with Crippen molar-refractivity contribution < 1.29 is 15.1 Å². The van der Waals surface area contributed by atoms with Crippen LogP contribution in [-0.4, -0.2) is 41.4 Å². The summed E-state index contributed by atoms with van der Waals surface area (Å²) in [6.45, 7) is -0.616. The predicted molar refractivity (Wildman–Crippen MR) is 64.2 cm³/mol. The van der Waals surface area contributed by atoms with Crippen molar-refractivity contribution in [1.29, 1.82) is 0 Å². The fraction of sp³-hybridized carbons (Fsp3) is 0.400. The molecule has 0 aliphatic rings. The van der Waals surface area contributed by atoms with Crippen LogP contribution in [0.5, 0.6) is 0 Å². The third-order valence-electron chi connectivity index (χ3n) is 2.29. The highest BCUT2D eigenvalue weighted by Crippen LogP contribution is 2.32. The van der Waals surface area contributed by atoms with Crippen LogP contribution in [0.1, 0.15) is 0 Å². The molecular formula is C10H15N3O4. The van der Waals surface area contributed by atoms with Gasteiger partial charge in [0.2, 0.25) is 0 Å². The Bertz CT molecular complexity index is 393. The summed E-state index contributed by atoms with van der Waals surface area (Å²) in [6.07, 6.45) is 0. The molecular weight excluding hydrogens is 226 g/mol. The molecule has 0 fully saturated rings. The van der Waals surface area contributed by atoms with E-state index >= 15 is 0 Å². The molecule has 0 radical (unpaired) electrons. The second kappa shape index (κ2) is 6.02. The number of hydrogen-bond donors (Lipinski definition) is 4. The van der Waals surface area contributed by atoms with Gasteiger partial charge in [-0.15, -0.1) is 0 Å². The Morgan fingerprint density at radius 2 is 1.94 bits per heavy atom. The van der Waals surface area contributed by atoms with Crippen LogP contribution in [-0.2, 0) is 0 Å². The van der Waals surface area contributed by atoms with Crippen molar-refractivity contribution in [2.45, 2.75) is 6.04 Å². The van der Waals surface area contributed by atoms with E-state index in [2.05, 4.69) is 10.6 Å². The van der Waals surface area contributed by atoms with E-state index in [0.29, 0.717) is 5.69 Å². The van der Waals surface area contributed by atoms with Crippen LogP contribution in [0.4, 0.5) is 17.1 Å². The third kappa shape index (κ3) is 3.05. The first-order valence-electron chi connectivity index (χ1n) is 5.07. The molecule has 0 saturated heterocycles. The van der Waals surface area contributed by atoms with Crippen LogP contribution in [0.25, 0.3) is 0 Å². The number of para-hydroxylation sites is 1. The molecule has 0 amide bonds. The number of nitro benzene ring substituents is 1. The number of nitrogens with zero attached hydrogens (tertiary/aromatic N) is 1. The zero-order valence-electron chi connectivity index (χ0n) is 9.38. The summed E-state index contributed by atoms with van der Waals surface area (Å²) in [4.78, 5) is 10.4. The SMILES string of the molecule is CNc1cccc(NC(CO)CO)c1[N+](=O)[O-]. The summed E-state index contributed by atoms with van der Waals surface area (Å²) in [6, 6.07) is 4.13. The van der Waals surface area contributed by atoms with Gasteiger partial charge in [-0.1, -0.05) is 6.07 Å². The average Bonchev–Trinajstić information content (AvgIpc) is 2.34. The van der Waals surface area contributed by atoms with Gasteiger partial charge in [-0.25, -0.2) is 0 Å². The molecule has 0 aliphatic carbocycles. The summed E-state index contributed by atoms with van der Waals surface area (Å²) in [5.41, 5.74) is 0.520. The molecule has 7 nitrogen and oxygen atoms in total. The zero-order chi connectivity index (χ0) is 12.8. The standard InChI is InChI=1S/C10H15N3O4/c1-11-8-3-2-4-9(10(8)13(16)17)12-7(5-14)6-15/h2-4,7,11-12,14-15H,5-6H2,1H3. The topological polar surface area (TPSA) is 108 Å². The molecule has 0 bridgehead atoms. The second-order valence-electron chi connectivity index (χ2n) is 3.42. The maximum atomic E-state index is 11.0. The summed E-state index contributed by atoms with van der Waals surface area (Å²) >= 11 is 0. The zero-order valence-corrected chi connectivity index (χ0v) is 9.38. The smallest absolute Gasteiger partial charge is 0.315 e. The largest absolute Gasteiger partial charge is 0.394 e. The highest BCUT2D eigenvalue weighted by molar-refractivity contribution is 5.76. The van der Waals surface area contributed by atoms with Gasteiger partial charge in [0.15, 0.2) is 0 Å². The molecule has 1 aromatic rings. The molecule has 0 spiro atoms. The van der Waals surface area contributed by atoms with E-state index in [-0.39, 0.29) is 24.6 Å². The van der Waals surface area contributed by atoms with Crippen molar-refractivity contribution in [2.24, 2.45) is 0 Å². The normalized spacial score (nSPS) is 10.4. The second-order valence-corrected chi connectivity index (χ2v) is 3.42. The first-order valence-corrected chi connectivity index (χ1v) is 5.07. The van der Waals surface area contributed by atoms with Crippen molar-refractivity contribution >= 4 is 17.1 Å². The highest BCUT2D eigenvalue weighted by Gasteiger charge is 2.20. The lowest BCUT2D eigenvalue weighted by Gasteiger charge is -2.15. The Morgan fingerprint density at radius 1 is 1.35 bits per heavy atom. The van der Waals surface area contributed by atoms with E-state index in [1.807, 2.05) is 0 Å². The molecule has 0 unspecified atom stereocenters. The molecule has 1 aromatic carbocycles. The molecule has 0 atom stereocenters. The van der Waals surface area contributed by atoms with Crippen LogP contribution >= 0.6 is 0 Å². The summed E-state index contributed by atoms with van der Waals surface area (Å²) in [5.74, 6) is 0. The average molecular weight is 241 g/mol. The Morgan fingerprint density at radius 3 is 2.41 bits per heavy atom. The fourth-order valence-electron chi connectivity index (χ4n) is 1.43. The predicted octanol–water partition coefficient (Wildman–Crippen LogP) is 0.402. The van der Waals surface area contributed by atoms with Gasteiger partial charge in [0, 0.05) is 7.05 Å². The molecule has 0 aromatic heterocycles.